The Morgan fingerprint density at radius 2 is 1.95 bits per heavy atom. The van der Waals surface area contributed by atoms with Crippen molar-refractivity contribution in [3.05, 3.63) is 35.6 Å². The largest absolute Gasteiger partial charge is 0.320 e. The second-order valence-electron chi connectivity index (χ2n) is 5.47. The smallest absolute Gasteiger partial charge is 0.320 e. The Balaban J connectivity index is 1.65. The lowest BCUT2D eigenvalue weighted by Crippen LogP contribution is -2.45. The number of urea groups is 1. The molecule has 20 heavy (non-hydrogen) atoms. The Labute approximate surface area is 118 Å². The zero-order valence-electron chi connectivity index (χ0n) is 11.5. The first kappa shape index (κ1) is 13.4. The summed E-state index contributed by atoms with van der Waals surface area (Å²) in [5.74, 6) is -0.236. The average Bonchev–Trinajstić information content (AvgIpc) is 2.84. The van der Waals surface area contributed by atoms with Crippen LogP contribution < -0.4 is 5.32 Å². The number of hydrogen-bond donors (Lipinski definition) is 1. The van der Waals surface area contributed by atoms with E-state index in [1.54, 1.807) is 17.0 Å². The van der Waals surface area contributed by atoms with Gasteiger partial charge in [-0.05, 0) is 32.0 Å². The van der Waals surface area contributed by atoms with Crippen molar-refractivity contribution in [2.45, 2.75) is 25.4 Å². The summed E-state index contributed by atoms with van der Waals surface area (Å²) < 4.78 is 13.7. The fourth-order valence-corrected chi connectivity index (χ4v) is 3.04. The maximum Gasteiger partial charge on any atom is 0.320 e. The van der Waals surface area contributed by atoms with Crippen molar-refractivity contribution in [1.29, 1.82) is 0 Å². The topological polar surface area (TPSA) is 35.6 Å². The Kier molecular flexibility index (Phi) is 3.87. The van der Waals surface area contributed by atoms with E-state index in [1.807, 2.05) is 11.0 Å². The molecule has 0 bridgehead atoms. The van der Waals surface area contributed by atoms with E-state index in [1.165, 1.54) is 6.07 Å². The van der Waals surface area contributed by atoms with Gasteiger partial charge in [-0.25, -0.2) is 9.18 Å². The molecule has 4 nitrogen and oxygen atoms in total. The van der Waals surface area contributed by atoms with E-state index in [9.17, 15) is 9.18 Å². The molecule has 0 atom stereocenters. The van der Waals surface area contributed by atoms with Gasteiger partial charge in [0.2, 0.25) is 0 Å². The molecule has 2 aliphatic rings. The van der Waals surface area contributed by atoms with Crippen LogP contribution in [-0.4, -0.2) is 48.1 Å². The molecule has 1 N–H and O–H groups in total. The van der Waals surface area contributed by atoms with Gasteiger partial charge in [0.25, 0.3) is 0 Å². The summed E-state index contributed by atoms with van der Waals surface area (Å²) in [6.07, 6.45) is 2.03. The van der Waals surface area contributed by atoms with Gasteiger partial charge in [-0.3, -0.25) is 0 Å². The van der Waals surface area contributed by atoms with Crippen LogP contribution in [0.5, 0.6) is 0 Å². The first-order valence-corrected chi connectivity index (χ1v) is 7.25. The highest BCUT2D eigenvalue weighted by molar-refractivity contribution is 5.77. The predicted molar refractivity (Wildman–Crippen MR) is 74.8 cm³/mol. The van der Waals surface area contributed by atoms with Crippen LogP contribution in [0.3, 0.4) is 0 Å². The Morgan fingerprint density at radius 3 is 2.70 bits per heavy atom. The maximum absolute atomic E-state index is 13.7. The van der Waals surface area contributed by atoms with Crippen molar-refractivity contribution in [3.8, 4) is 0 Å². The molecule has 1 aromatic rings. The summed E-state index contributed by atoms with van der Waals surface area (Å²) in [6.45, 7) is 3.77. The molecule has 2 fully saturated rings. The molecule has 0 spiro atoms. The molecule has 1 aromatic carbocycles. The zero-order chi connectivity index (χ0) is 13.9. The molecule has 0 radical (unpaired) electrons. The zero-order valence-corrected chi connectivity index (χ0v) is 11.5. The molecule has 0 aliphatic carbocycles. The predicted octanol–water partition coefficient (Wildman–Crippen LogP) is 1.82. The summed E-state index contributed by atoms with van der Waals surface area (Å²) in [4.78, 5) is 16.1. The third-order valence-corrected chi connectivity index (χ3v) is 4.20. The third-order valence-electron chi connectivity index (χ3n) is 4.20. The highest BCUT2D eigenvalue weighted by Crippen LogP contribution is 2.21. The fraction of sp³-hybridized carbons (Fsp3) is 0.533. The molecule has 5 heteroatoms. The quantitative estimate of drug-likeness (QED) is 0.914. The normalized spacial score (nSPS) is 20.8. The Bertz CT molecular complexity index is 488. The molecule has 2 aliphatic heterocycles. The van der Waals surface area contributed by atoms with Gasteiger partial charge in [-0.2, -0.15) is 0 Å². The number of rotatable bonds is 3. The van der Waals surface area contributed by atoms with Crippen LogP contribution >= 0.6 is 0 Å². The summed E-state index contributed by atoms with van der Waals surface area (Å²) in [6, 6.07) is 7.07. The van der Waals surface area contributed by atoms with Gasteiger partial charge in [0.15, 0.2) is 0 Å². The number of hydrogen-bond acceptors (Lipinski definition) is 2. The minimum Gasteiger partial charge on any atom is -0.320 e. The number of piperidine rings is 1. The van der Waals surface area contributed by atoms with E-state index in [-0.39, 0.29) is 11.8 Å². The minimum absolute atomic E-state index is 0.0557. The van der Waals surface area contributed by atoms with Crippen LogP contribution in [0.15, 0.2) is 24.3 Å². The van der Waals surface area contributed by atoms with Crippen LogP contribution in [0.2, 0.25) is 0 Å². The van der Waals surface area contributed by atoms with Crippen LogP contribution in [-0.2, 0) is 6.54 Å². The van der Waals surface area contributed by atoms with Crippen molar-refractivity contribution in [2.24, 2.45) is 0 Å². The van der Waals surface area contributed by atoms with Crippen molar-refractivity contribution < 1.29 is 9.18 Å². The first-order chi connectivity index (χ1) is 9.75. The monoisotopic (exact) mass is 277 g/mol. The lowest BCUT2D eigenvalue weighted by Gasteiger charge is -2.31. The van der Waals surface area contributed by atoms with Gasteiger partial charge in [0.1, 0.15) is 5.82 Å². The molecule has 2 heterocycles. The van der Waals surface area contributed by atoms with Crippen LogP contribution in [0.4, 0.5) is 9.18 Å². The Morgan fingerprint density at radius 1 is 1.20 bits per heavy atom. The highest BCUT2D eigenvalue weighted by atomic mass is 19.1. The molecule has 3 rings (SSSR count). The summed E-state index contributed by atoms with van der Waals surface area (Å²) in [5, 5.41) is 3.31. The van der Waals surface area contributed by atoms with Gasteiger partial charge in [0.05, 0.1) is 6.54 Å². The van der Waals surface area contributed by atoms with Crippen molar-refractivity contribution in [2.75, 3.05) is 26.2 Å². The standard InChI is InChI=1S/C15H20FN3O/c16-14-4-2-1-3-12(14)11-18-9-10-19(15(18)20)13-5-7-17-8-6-13/h1-4,13,17H,5-11H2. The lowest BCUT2D eigenvalue weighted by molar-refractivity contribution is 0.164. The van der Waals surface area contributed by atoms with E-state index in [4.69, 9.17) is 0 Å². The highest BCUT2D eigenvalue weighted by Gasteiger charge is 2.34. The van der Waals surface area contributed by atoms with Gasteiger partial charge in [-0.15, -0.1) is 0 Å². The molecular weight excluding hydrogens is 257 g/mol. The van der Waals surface area contributed by atoms with E-state index in [0.29, 0.717) is 24.7 Å². The molecule has 108 valence electrons. The number of nitrogens with one attached hydrogen (secondary N) is 1. The summed E-state index contributed by atoms with van der Waals surface area (Å²) in [5.41, 5.74) is 0.591. The fourth-order valence-electron chi connectivity index (χ4n) is 3.04. The molecule has 0 saturated carbocycles. The molecule has 2 saturated heterocycles. The SMILES string of the molecule is O=C1N(Cc2ccccc2F)CCN1C1CCNCC1. The van der Waals surface area contributed by atoms with Gasteiger partial charge < -0.3 is 15.1 Å². The van der Waals surface area contributed by atoms with Gasteiger partial charge >= 0.3 is 6.03 Å². The number of carbonyl (C=O) groups is 1. The second-order valence-corrected chi connectivity index (χ2v) is 5.47. The number of carbonyl (C=O) groups excluding carboxylic acids is 1. The molecular formula is C15H20FN3O. The summed E-state index contributed by atoms with van der Waals surface area (Å²) >= 11 is 0. The van der Waals surface area contributed by atoms with E-state index in [0.717, 1.165) is 32.5 Å². The van der Waals surface area contributed by atoms with Crippen LogP contribution in [0.1, 0.15) is 18.4 Å². The van der Waals surface area contributed by atoms with Crippen molar-refractivity contribution >= 4 is 6.03 Å². The van der Waals surface area contributed by atoms with Gasteiger partial charge in [0, 0.05) is 24.7 Å². The van der Waals surface area contributed by atoms with E-state index >= 15 is 0 Å². The Hall–Kier alpha value is -1.62. The second kappa shape index (κ2) is 5.79. The third kappa shape index (κ3) is 2.63. The van der Waals surface area contributed by atoms with Crippen LogP contribution in [0.25, 0.3) is 0 Å². The van der Waals surface area contributed by atoms with E-state index < -0.39 is 0 Å². The van der Waals surface area contributed by atoms with Crippen molar-refractivity contribution in [1.82, 2.24) is 15.1 Å². The maximum atomic E-state index is 13.7. The number of halogens is 1. The molecule has 2 amide bonds. The number of amides is 2. The number of benzene rings is 1. The number of nitrogens with zero attached hydrogens (tertiary/aromatic N) is 2. The van der Waals surface area contributed by atoms with Crippen molar-refractivity contribution in [3.63, 3.8) is 0 Å². The minimum atomic E-state index is -0.236. The lowest BCUT2D eigenvalue weighted by atomic mass is 10.1. The van der Waals surface area contributed by atoms with Gasteiger partial charge in [-0.1, -0.05) is 18.2 Å². The van der Waals surface area contributed by atoms with E-state index in [2.05, 4.69) is 5.32 Å². The first-order valence-electron chi connectivity index (χ1n) is 7.25. The molecule has 0 unspecified atom stereocenters. The summed E-state index contributed by atoms with van der Waals surface area (Å²) in [7, 11) is 0. The molecule has 0 aromatic heterocycles. The average molecular weight is 277 g/mol. The van der Waals surface area contributed by atoms with Crippen LogP contribution in [0, 0.1) is 5.82 Å².